The van der Waals surface area contributed by atoms with E-state index in [4.69, 9.17) is 5.11 Å². The van der Waals surface area contributed by atoms with E-state index in [-0.39, 0.29) is 11.8 Å². The highest BCUT2D eigenvalue weighted by atomic mass is 32.2. The molecule has 0 saturated heterocycles. The molecule has 1 atom stereocenters. The third kappa shape index (κ3) is 6.49. The van der Waals surface area contributed by atoms with Gasteiger partial charge in [-0.05, 0) is 30.4 Å². The van der Waals surface area contributed by atoms with Gasteiger partial charge in [-0.1, -0.05) is 45.0 Å². The second-order valence-electron chi connectivity index (χ2n) is 7.45. The summed E-state index contributed by atoms with van der Waals surface area (Å²) in [6.07, 6.45) is -0.317. The molecule has 1 amide bonds. The van der Waals surface area contributed by atoms with Crippen molar-refractivity contribution in [3.05, 3.63) is 35.4 Å². The molecule has 0 radical (unpaired) electrons. The van der Waals surface area contributed by atoms with Crippen LogP contribution in [0.1, 0.15) is 58.2 Å². The number of carbonyl (C=O) groups excluding carboxylic acids is 1. The van der Waals surface area contributed by atoms with Crippen LogP contribution in [0.3, 0.4) is 0 Å². The lowest BCUT2D eigenvalue weighted by Gasteiger charge is -2.22. The Balaban J connectivity index is 2.98. The molecule has 0 bridgehead atoms. The average Bonchev–Trinajstić information content (AvgIpc) is 2.44. The van der Waals surface area contributed by atoms with Gasteiger partial charge < -0.3 is 10.4 Å². The van der Waals surface area contributed by atoms with Crippen molar-refractivity contribution in [2.45, 2.75) is 57.7 Å². The van der Waals surface area contributed by atoms with Gasteiger partial charge in [0.1, 0.15) is 5.75 Å². The molecule has 0 spiro atoms. The molecule has 6 nitrogen and oxygen atoms in total. The molecule has 0 aliphatic rings. The number of hydrogen-bond acceptors (Lipinski definition) is 4. The van der Waals surface area contributed by atoms with Crippen molar-refractivity contribution in [1.29, 1.82) is 0 Å². The van der Waals surface area contributed by atoms with Gasteiger partial charge in [-0.25, -0.2) is 8.42 Å². The Morgan fingerprint density at radius 2 is 1.64 bits per heavy atom. The molecule has 1 aromatic rings. The van der Waals surface area contributed by atoms with Crippen LogP contribution in [0.2, 0.25) is 0 Å². The van der Waals surface area contributed by atoms with E-state index in [9.17, 15) is 18.0 Å². The van der Waals surface area contributed by atoms with E-state index in [0.29, 0.717) is 5.56 Å². The molecule has 0 aliphatic carbocycles. The van der Waals surface area contributed by atoms with Gasteiger partial charge in [0.05, 0.1) is 17.7 Å². The highest BCUT2D eigenvalue weighted by molar-refractivity contribution is 7.92. The zero-order chi connectivity index (χ0) is 19.4. The Morgan fingerprint density at radius 1 is 1.12 bits per heavy atom. The topological polar surface area (TPSA) is 101 Å². The maximum Gasteiger partial charge on any atom is 0.305 e. The fraction of sp³-hybridized carbons (Fsp3) is 0.556. The Kier molecular flexibility index (Phi) is 6.76. The van der Waals surface area contributed by atoms with Crippen LogP contribution in [0.15, 0.2) is 24.3 Å². The minimum absolute atomic E-state index is 0.0462. The summed E-state index contributed by atoms with van der Waals surface area (Å²) >= 11 is 0. The summed E-state index contributed by atoms with van der Waals surface area (Å²) in [5.41, 5.74) is 1.67. The van der Waals surface area contributed by atoms with Crippen molar-refractivity contribution in [3.8, 4) is 0 Å². The molecular formula is C18H27NO5S. The number of nitrogens with one attached hydrogen (secondary N) is 1. The Labute approximate surface area is 149 Å². The number of carboxylic acid groups (broad SMARTS) is 1. The normalized spacial score (nSPS) is 13.5. The third-order valence-corrected chi connectivity index (χ3v) is 6.04. The minimum atomic E-state index is -3.54. The first-order valence-corrected chi connectivity index (χ1v) is 9.87. The van der Waals surface area contributed by atoms with Crippen molar-refractivity contribution in [1.82, 2.24) is 5.32 Å². The number of benzene rings is 1. The van der Waals surface area contributed by atoms with Crippen LogP contribution < -0.4 is 5.32 Å². The van der Waals surface area contributed by atoms with E-state index in [0.717, 1.165) is 5.56 Å². The second kappa shape index (κ2) is 7.99. The predicted molar refractivity (Wildman–Crippen MR) is 97.2 cm³/mol. The molecule has 7 heteroatoms. The van der Waals surface area contributed by atoms with Crippen LogP contribution >= 0.6 is 0 Å². The zero-order valence-corrected chi connectivity index (χ0v) is 16.2. The summed E-state index contributed by atoms with van der Waals surface area (Å²) in [7, 11) is -3.54. The monoisotopic (exact) mass is 369 g/mol. The van der Waals surface area contributed by atoms with E-state index in [1.165, 1.54) is 13.8 Å². The maximum absolute atomic E-state index is 12.1. The fourth-order valence-corrected chi connectivity index (χ4v) is 3.01. The van der Waals surface area contributed by atoms with E-state index in [2.05, 4.69) is 26.1 Å². The van der Waals surface area contributed by atoms with Crippen LogP contribution in [0.4, 0.5) is 0 Å². The van der Waals surface area contributed by atoms with Crippen molar-refractivity contribution in [3.63, 3.8) is 0 Å². The zero-order valence-electron chi connectivity index (χ0n) is 15.4. The van der Waals surface area contributed by atoms with E-state index < -0.39 is 38.8 Å². The summed E-state index contributed by atoms with van der Waals surface area (Å²) in [6, 6.07) is 6.54. The van der Waals surface area contributed by atoms with Gasteiger partial charge in [0.25, 0.3) is 0 Å². The van der Waals surface area contributed by atoms with Crippen molar-refractivity contribution in [2.75, 3.05) is 5.75 Å². The lowest BCUT2D eigenvalue weighted by Crippen LogP contribution is -2.36. The quantitative estimate of drug-likeness (QED) is 0.769. The lowest BCUT2D eigenvalue weighted by molar-refractivity contribution is -0.137. The molecular weight excluding hydrogens is 342 g/mol. The van der Waals surface area contributed by atoms with Gasteiger partial charge in [-0.2, -0.15) is 0 Å². The Bertz CT molecular complexity index is 715. The van der Waals surface area contributed by atoms with Crippen molar-refractivity contribution >= 4 is 21.7 Å². The maximum atomic E-state index is 12.1. The van der Waals surface area contributed by atoms with E-state index >= 15 is 0 Å². The van der Waals surface area contributed by atoms with E-state index in [1.807, 2.05) is 12.1 Å². The van der Waals surface area contributed by atoms with Gasteiger partial charge in [0.15, 0.2) is 9.84 Å². The first-order chi connectivity index (χ1) is 11.3. The van der Waals surface area contributed by atoms with Gasteiger partial charge >= 0.3 is 5.97 Å². The van der Waals surface area contributed by atoms with Gasteiger partial charge in [-0.3, -0.25) is 9.59 Å². The molecule has 0 aliphatic heterocycles. The number of rotatable bonds is 7. The predicted octanol–water partition coefficient (Wildman–Crippen LogP) is 2.44. The smallest absolute Gasteiger partial charge is 0.305 e. The second-order valence-corrected chi connectivity index (χ2v) is 10.0. The number of carbonyl (C=O) groups is 2. The molecule has 0 fully saturated rings. The number of aliphatic carboxylic acids is 1. The van der Waals surface area contributed by atoms with Crippen LogP contribution in [0.5, 0.6) is 0 Å². The van der Waals surface area contributed by atoms with Crippen LogP contribution in [-0.4, -0.2) is 36.4 Å². The van der Waals surface area contributed by atoms with Crippen molar-refractivity contribution in [2.24, 2.45) is 0 Å². The third-order valence-electron chi connectivity index (χ3n) is 3.94. The lowest BCUT2D eigenvalue weighted by atomic mass is 9.86. The number of sulfone groups is 1. The molecule has 25 heavy (non-hydrogen) atoms. The SMILES string of the molecule is CC(C)S(=O)(=O)CC(=O)NC(CC(=O)O)c1ccc(C(C)(C)C)cc1. The number of amides is 1. The first-order valence-electron chi connectivity index (χ1n) is 8.16. The summed E-state index contributed by atoms with van der Waals surface area (Å²) in [6.45, 7) is 9.20. The molecule has 0 saturated carbocycles. The molecule has 1 aromatic carbocycles. The summed E-state index contributed by atoms with van der Waals surface area (Å²) < 4.78 is 23.7. The molecule has 1 rings (SSSR count). The summed E-state index contributed by atoms with van der Waals surface area (Å²) in [5.74, 6) is -2.42. The average molecular weight is 369 g/mol. The minimum Gasteiger partial charge on any atom is -0.481 e. The highest BCUT2D eigenvalue weighted by Gasteiger charge is 2.24. The fourth-order valence-electron chi connectivity index (χ4n) is 2.23. The van der Waals surface area contributed by atoms with Gasteiger partial charge in [0.2, 0.25) is 5.91 Å². The first kappa shape index (κ1) is 21.2. The van der Waals surface area contributed by atoms with Crippen LogP contribution in [-0.2, 0) is 24.8 Å². The van der Waals surface area contributed by atoms with Crippen LogP contribution in [0.25, 0.3) is 0 Å². The Morgan fingerprint density at radius 3 is 2.04 bits per heavy atom. The molecule has 140 valence electrons. The van der Waals surface area contributed by atoms with Crippen molar-refractivity contribution < 1.29 is 23.1 Å². The molecule has 1 unspecified atom stereocenters. The molecule has 0 heterocycles. The van der Waals surface area contributed by atoms with Crippen LogP contribution in [0, 0.1) is 0 Å². The number of carboxylic acids is 1. The van der Waals surface area contributed by atoms with Gasteiger partial charge in [-0.15, -0.1) is 0 Å². The van der Waals surface area contributed by atoms with Gasteiger partial charge in [0, 0.05) is 0 Å². The Hall–Kier alpha value is -1.89. The standard InChI is InChI=1S/C18H27NO5S/c1-12(2)25(23,24)11-16(20)19-15(10-17(21)22)13-6-8-14(9-7-13)18(3,4)5/h6-9,12,15H,10-11H2,1-5H3,(H,19,20)(H,21,22). The van der Waals surface area contributed by atoms with E-state index in [1.54, 1.807) is 12.1 Å². The molecule has 2 N–H and O–H groups in total. The summed E-state index contributed by atoms with van der Waals surface area (Å²) in [5, 5.41) is 11.0. The largest absolute Gasteiger partial charge is 0.481 e. The molecule has 0 aromatic heterocycles. The summed E-state index contributed by atoms with van der Waals surface area (Å²) in [4.78, 5) is 23.2. The number of hydrogen-bond donors (Lipinski definition) is 2. The highest BCUT2D eigenvalue weighted by Crippen LogP contribution is 2.25.